The summed E-state index contributed by atoms with van der Waals surface area (Å²) in [4.78, 5) is 8.53. The fourth-order valence-electron chi connectivity index (χ4n) is 3.56. The minimum atomic E-state index is -3.58. The van der Waals surface area contributed by atoms with E-state index in [2.05, 4.69) is 30.0 Å². The third kappa shape index (κ3) is 3.79. The quantitative estimate of drug-likeness (QED) is 0.324. The van der Waals surface area contributed by atoms with Gasteiger partial charge in [-0.1, -0.05) is 6.07 Å². The van der Waals surface area contributed by atoms with Crippen LogP contribution in [0.5, 0.6) is 0 Å². The maximum Gasteiger partial charge on any atom is 0.242 e. The van der Waals surface area contributed by atoms with E-state index < -0.39 is 10.0 Å². The highest BCUT2D eigenvalue weighted by Crippen LogP contribution is 2.29. The molecule has 11 heteroatoms. The normalized spacial score (nSPS) is 12.0. The first-order valence-corrected chi connectivity index (χ1v) is 11.5. The fourth-order valence-corrected chi connectivity index (χ4v) is 4.59. The average molecular weight is 449 g/mol. The molecule has 0 saturated carbocycles. The van der Waals surface area contributed by atoms with Crippen LogP contribution in [0.4, 0.5) is 5.82 Å². The molecule has 4 aromatic heterocycles. The predicted molar refractivity (Wildman–Crippen MR) is 121 cm³/mol. The Balaban J connectivity index is 1.34. The molecule has 0 aliphatic carbocycles. The van der Waals surface area contributed by atoms with Crippen LogP contribution in [-0.4, -0.2) is 44.9 Å². The van der Waals surface area contributed by atoms with E-state index in [1.165, 1.54) is 18.5 Å². The Morgan fingerprint density at radius 3 is 2.81 bits per heavy atom. The Labute approximate surface area is 183 Å². The smallest absolute Gasteiger partial charge is 0.242 e. The minimum absolute atomic E-state index is 0.143. The second-order valence-electron chi connectivity index (χ2n) is 7.29. The van der Waals surface area contributed by atoms with Crippen LogP contribution in [0.3, 0.4) is 0 Å². The third-order valence-electron chi connectivity index (χ3n) is 5.14. The van der Waals surface area contributed by atoms with E-state index in [1.54, 1.807) is 16.9 Å². The average Bonchev–Trinajstić information content (AvgIpc) is 3.48. The van der Waals surface area contributed by atoms with Crippen LogP contribution in [-0.2, 0) is 16.6 Å². The van der Waals surface area contributed by atoms with Gasteiger partial charge in [-0.3, -0.25) is 14.8 Å². The van der Waals surface area contributed by atoms with Crippen molar-refractivity contribution in [1.29, 1.82) is 0 Å². The number of rotatable bonds is 7. The highest BCUT2D eigenvalue weighted by atomic mass is 32.2. The van der Waals surface area contributed by atoms with Crippen molar-refractivity contribution >= 4 is 37.6 Å². The lowest BCUT2D eigenvalue weighted by atomic mass is 10.1. The monoisotopic (exact) mass is 448 g/mol. The summed E-state index contributed by atoms with van der Waals surface area (Å²) in [5.74, 6) is 0.401. The van der Waals surface area contributed by atoms with Crippen LogP contribution >= 0.6 is 0 Å². The van der Waals surface area contributed by atoms with Gasteiger partial charge in [0.1, 0.15) is 16.2 Å². The SMILES string of the molecule is Nc1nc2cc(-c3ccn[nH]3)ccc2c2nn(CCCNS(=O)(=O)c3cccnc3)cc12. The number of hydrogen-bond donors (Lipinski definition) is 3. The molecule has 5 aromatic rings. The summed E-state index contributed by atoms with van der Waals surface area (Å²) >= 11 is 0. The van der Waals surface area contributed by atoms with E-state index >= 15 is 0 Å². The van der Waals surface area contributed by atoms with Gasteiger partial charge in [-0.15, -0.1) is 0 Å². The van der Waals surface area contributed by atoms with Crippen LogP contribution in [0.15, 0.2) is 66.1 Å². The van der Waals surface area contributed by atoms with Gasteiger partial charge < -0.3 is 5.73 Å². The number of nitrogens with one attached hydrogen (secondary N) is 2. The Morgan fingerprint density at radius 2 is 2.03 bits per heavy atom. The molecule has 4 heterocycles. The Kier molecular flexibility index (Phi) is 5.04. The molecule has 0 saturated heterocycles. The molecule has 10 nitrogen and oxygen atoms in total. The van der Waals surface area contributed by atoms with Crippen LogP contribution < -0.4 is 10.5 Å². The lowest BCUT2D eigenvalue weighted by Crippen LogP contribution is -2.25. The molecule has 162 valence electrons. The number of nitrogen functional groups attached to an aromatic ring is 1. The van der Waals surface area contributed by atoms with E-state index in [9.17, 15) is 8.42 Å². The Hall–Kier alpha value is -3.83. The summed E-state index contributed by atoms with van der Waals surface area (Å²) in [5, 5.41) is 13.3. The fraction of sp³-hybridized carbons (Fsp3) is 0.143. The summed E-state index contributed by atoms with van der Waals surface area (Å²) in [6.07, 6.45) is 6.95. The van der Waals surface area contributed by atoms with Crippen molar-refractivity contribution in [2.24, 2.45) is 0 Å². The van der Waals surface area contributed by atoms with Gasteiger partial charge in [0.15, 0.2) is 0 Å². The lowest BCUT2D eigenvalue weighted by Gasteiger charge is -2.06. The third-order valence-corrected chi connectivity index (χ3v) is 6.59. The molecule has 1 aromatic carbocycles. The molecule has 32 heavy (non-hydrogen) atoms. The molecule has 0 spiro atoms. The number of aryl methyl sites for hydroxylation is 1. The molecule has 5 rings (SSSR count). The molecule has 0 bridgehead atoms. The Morgan fingerprint density at radius 1 is 1.12 bits per heavy atom. The number of pyridine rings is 2. The number of H-pyrrole nitrogens is 1. The molecule has 0 aliphatic heterocycles. The van der Waals surface area contributed by atoms with E-state index in [-0.39, 0.29) is 11.4 Å². The molecule has 0 aliphatic rings. The summed E-state index contributed by atoms with van der Waals surface area (Å²) in [7, 11) is -3.58. The van der Waals surface area contributed by atoms with Crippen LogP contribution in [0.1, 0.15) is 6.42 Å². The van der Waals surface area contributed by atoms with E-state index in [4.69, 9.17) is 5.73 Å². The minimum Gasteiger partial charge on any atom is -0.383 e. The summed E-state index contributed by atoms with van der Waals surface area (Å²) in [5.41, 5.74) is 9.56. The van der Waals surface area contributed by atoms with Crippen molar-refractivity contribution in [2.75, 3.05) is 12.3 Å². The Bertz CT molecular complexity index is 1500. The second kappa shape index (κ2) is 8.02. The van der Waals surface area contributed by atoms with Crippen molar-refractivity contribution in [3.63, 3.8) is 0 Å². The van der Waals surface area contributed by atoms with Gasteiger partial charge in [0.05, 0.1) is 16.6 Å². The zero-order valence-corrected chi connectivity index (χ0v) is 17.7. The predicted octanol–water partition coefficient (Wildman–Crippen LogP) is 2.32. The van der Waals surface area contributed by atoms with Crippen LogP contribution in [0.25, 0.3) is 33.1 Å². The number of sulfonamides is 1. The van der Waals surface area contributed by atoms with Crippen molar-refractivity contribution < 1.29 is 8.42 Å². The van der Waals surface area contributed by atoms with E-state index in [0.29, 0.717) is 18.8 Å². The highest BCUT2D eigenvalue weighted by molar-refractivity contribution is 7.89. The first kappa shape index (κ1) is 20.1. The molecule has 0 radical (unpaired) electrons. The molecule has 4 N–H and O–H groups in total. The van der Waals surface area contributed by atoms with E-state index in [1.807, 2.05) is 30.5 Å². The van der Waals surface area contributed by atoms with Gasteiger partial charge in [-0.05, 0) is 36.8 Å². The number of aromatic amines is 1. The summed E-state index contributed by atoms with van der Waals surface area (Å²) < 4.78 is 28.9. The second-order valence-corrected chi connectivity index (χ2v) is 9.06. The zero-order chi connectivity index (χ0) is 22.1. The number of anilines is 1. The number of nitrogens with zero attached hydrogens (tertiary/aromatic N) is 5. The molecule has 0 amide bonds. The molecule has 0 fully saturated rings. The van der Waals surface area contributed by atoms with Crippen molar-refractivity contribution in [3.05, 3.63) is 61.2 Å². The van der Waals surface area contributed by atoms with Crippen molar-refractivity contribution in [2.45, 2.75) is 17.9 Å². The molecule has 0 unspecified atom stereocenters. The van der Waals surface area contributed by atoms with Gasteiger partial charge in [0.2, 0.25) is 10.0 Å². The number of benzene rings is 1. The number of fused-ring (bicyclic) bond motifs is 3. The zero-order valence-electron chi connectivity index (χ0n) is 16.9. The van der Waals surface area contributed by atoms with E-state index in [0.717, 1.165) is 33.1 Å². The summed E-state index contributed by atoms with van der Waals surface area (Å²) in [6, 6.07) is 10.9. The van der Waals surface area contributed by atoms with Gasteiger partial charge in [-0.2, -0.15) is 10.2 Å². The molecular formula is C21H20N8O2S. The van der Waals surface area contributed by atoms with Crippen molar-refractivity contribution in [3.8, 4) is 11.3 Å². The number of aromatic nitrogens is 6. The highest BCUT2D eigenvalue weighted by Gasteiger charge is 2.14. The number of hydrogen-bond acceptors (Lipinski definition) is 7. The number of nitrogens with two attached hydrogens (primary N) is 1. The van der Waals surface area contributed by atoms with Crippen molar-refractivity contribution in [1.82, 2.24) is 34.7 Å². The van der Waals surface area contributed by atoms with Crippen LogP contribution in [0, 0.1) is 0 Å². The topological polar surface area (TPSA) is 144 Å². The van der Waals surface area contributed by atoms with Gasteiger partial charge in [0, 0.05) is 48.8 Å². The maximum atomic E-state index is 12.3. The molecule has 0 atom stereocenters. The first-order valence-electron chi connectivity index (χ1n) is 9.97. The summed E-state index contributed by atoms with van der Waals surface area (Å²) in [6.45, 7) is 0.798. The van der Waals surface area contributed by atoms with Gasteiger partial charge >= 0.3 is 0 Å². The lowest BCUT2D eigenvalue weighted by molar-refractivity contribution is 0.555. The molecular weight excluding hydrogens is 428 g/mol. The largest absolute Gasteiger partial charge is 0.383 e. The maximum absolute atomic E-state index is 12.3. The first-order chi connectivity index (χ1) is 15.5. The standard InChI is InChI=1S/C21H20N8O2S/c22-21-17-13-29(10-2-8-25-32(30,31)15-3-1-7-23-12-15)28-20(17)16-5-4-14(11-19(16)26-21)18-6-9-24-27-18/h1,3-7,9,11-13,25H,2,8,10H2,(H2,22,26)(H,24,27). The van der Waals surface area contributed by atoms with Gasteiger partial charge in [0.25, 0.3) is 0 Å². The van der Waals surface area contributed by atoms with Crippen LogP contribution in [0.2, 0.25) is 0 Å². The van der Waals surface area contributed by atoms with Gasteiger partial charge in [-0.25, -0.2) is 18.1 Å².